The number of rotatable bonds is 3. The molecule has 1 unspecified atom stereocenters. The summed E-state index contributed by atoms with van der Waals surface area (Å²) in [6.45, 7) is 1.94. The molecule has 5 nitrogen and oxygen atoms in total. The highest BCUT2D eigenvalue weighted by atomic mass is 16.3. The van der Waals surface area contributed by atoms with E-state index in [0.29, 0.717) is 16.8 Å². The Balaban J connectivity index is 1.77. The fraction of sp³-hybridized carbons (Fsp3) is 0.0714. The molecule has 1 saturated heterocycles. The summed E-state index contributed by atoms with van der Waals surface area (Å²) in [6, 6.07) is 25.8. The maximum Gasteiger partial charge on any atom is 0.300 e. The lowest BCUT2D eigenvalue weighted by molar-refractivity contribution is -0.132. The van der Waals surface area contributed by atoms with Crippen molar-refractivity contribution in [2.24, 2.45) is 0 Å². The van der Waals surface area contributed by atoms with E-state index in [2.05, 4.69) is 0 Å². The van der Waals surface area contributed by atoms with Crippen molar-refractivity contribution >= 4 is 33.9 Å². The van der Waals surface area contributed by atoms with Crippen LogP contribution in [0.1, 0.15) is 22.7 Å². The van der Waals surface area contributed by atoms with Crippen LogP contribution in [0.5, 0.6) is 5.75 Å². The maximum atomic E-state index is 13.3. The summed E-state index contributed by atoms with van der Waals surface area (Å²) in [5, 5.41) is 22.9. The van der Waals surface area contributed by atoms with Crippen molar-refractivity contribution in [3.8, 4) is 5.75 Å². The molecule has 1 aliphatic heterocycles. The number of phenolic OH excluding ortho intramolecular Hbond substituents is 1. The Morgan fingerprint density at radius 3 is 2.21 bits per heavy atom. The van der Waals surface area contributed by atoms with Gasteiger partial charge in [-0.1, -0.05) is 72.3 Å². The van der Waals surface area contributed by atoms with Crippen LogP contribution < -0.4 is 4.90 Å². The zero-order chi connectivity index (χ0) is 23.1. The van der Waals surface area contributed by atoms with Crippen LogP contribution in [0.25, 0.3) is 16.5 Å². The molecule has 0 saturated carbocycles. The molecular formula is C28H21NO4. The first-order valence-electron chi connectivity index (χ1n) is 10.6. The van der Waals surface area contributed by atoms with Crippen molar-refractivity contribution in [3.63, 3.8) is 0 Å². The largest absolute Gasteiger partial charge is 0.508 e. The summed E-state index contributed by atoms with van der Waals surface area (Å²) in [7, 11) is 0. The number of aromatic hydroxyl groups is 1. The van der Waals surface area contributed by atoms with Gasteiger partial charge in [-0.15, -0.1) is 0 Å². The zero-order valence-corrected chi connectivity index (χ0v) is 17.9. The number of amides is 1. The minimum Gasteiger partial charge on any atom is -0.508 e. The van der Waals surface area contributed by atoms with Crippen molar-refractivity contribution in [3.05, 3.63) is 113 Å². The fourth-order valence-corrected chi connectivity index (χ4v) is 4.35. The second kappa shape index (κ2) is 7.95. The van der Waals surface area contributed by atoms with Crippen molar-refractivity contribution in [2.45, 2.75) is 13.0 Å². The second-order valence-electron chi connectivity index (χ2n) is 8.12. The lowest BCUT2D eigenvalue weighted by Crippen LogP contribution is -2.29. The Kier molecular flexibility index (Phi) is 4.94. The number of Topliss-reactive ketones (excluding diaryl/α,β-unsaturated/α-hetero) is 1. The molecule has 0 aromatic heterocycles. The third-order valence-electron chi connectivity index (χ3n) is 6.01. The summed E-state index contributed by atoms with van der Waals surface area (Å²) in [5.41, 5.74) is 2.68. The fourth-order valence-electron chi connectivity index (χ4n) is 4.35. The molecule has 1 fully saturated rings. The first-order valence-corrected chi connectivity index (χ1v) is 10.6. The summed E-state index contributed by atoms with van der Waals surface area (Å²) >= 11 is 0. The molecule has 1 heterocycles. The summed E-state index contributed by atoms with van der Waals surface area (Å²) in [4.78, 5) is 27.9. The topological polar surface area (TPSA) is 77.8 Å². The summed E-state index contributed by atoms with van der Waals surface area (Å²) in [5.74, 6) is -1.62. The number of benzene rings is 4. The molecule has 5 rings (SSSR count). The number of aliphatic hydroxyl groups is 1. The Bertz CT molecular complexity index is 1410. The molecular weight excluding hydrogens is 414 g/mol. The van der Waals surface area contributed by atoms with Crippen molar-refractivity contribution < 1.29 is 19.8 Å². The highest BCUT2D eigenvalue weighted by molar-refractivity contribution is 6.51. The molecule has 1 atom stereocenters. The highest BCUT2D eigenvalue weighted by Crippen LogP contribution is 2.43. The summed E-state index contributed by atoms with van der Waals surface area (Å²) in [6.07, 6.45) is 0. The average Bonchev–Trinajstić information content (AvgIpc) is 3.10. The van der Waals surface area contributed by atoms with Crippen LogP contribution in [0, 0.1) is 6.92 Å². The van der Waals surface area contributed by atoms with E-state index in [4.69, 9.17) is 0 Å². The zero-order valence-electron chi connectivity index (χ0n) is 17.9. The Morgan fingerprint density at radius 1 is 0.818 bits per heavy atom. The van der Waals surface area contributed by atoms with E-state index in [9.17, 15) is 19.8 Å². The third-order valence-corrected chi connectivity index (χ3v) is 6.01. The Morgan fingerprint density at radius 2 is 1.48 bits per heavy atom. The van der Waals surface area contributed by atoms with E-state index in [1.807, 2.05) is 55.5 Å². The first kappa shape index (κ1) is 20.5. The average molecular weight is 435 g/mol. The number of carbonyl (C=O) groups excluding carboxylic acids is 2. The molecule has 0 spiro atoms. The number of carbonyl (C=O) groups is 2. The molecule has 4 aromatic rings. The molecule has 33 heavy (non-hydrogen) atoms. The van der Waals surface area contributed by atoms with E-state index in [-0.39, 0.29) is 17.1 Å². The smallest absolute Gasteiger partial charge is 0.300 e. The number of hydrogen-bond donors (Lipinski definition) is 2. The lowest BCUT2D eigenvalue weighted by atomic mass is 9.93. The monoisotopic (exact) mass is 435 g/mol. The molecule has 0 bridgehead atoms. The molecule has 162 valence electrons. The van der Waals surface area contributed by atoms with Crippen LogP contribution in [-0.2, 0) is 9.59 Å². The third kappa shape index (κ3) is 3.44. The van der Waals surface area contributed by atoms with Gasteiger partial charge in [-0.05, 0) is 47.5 Å². The van der Waals surface area contributed by atoms with Crippen LogP contribution >= 0.6 is 0 Å². The minimum atomic E-state index is -0.840. The Hall–Kier alpha value is -4.38. The predicted octanol–water partition coefficient (Wildman–Crippen LogP) is 5.48. The number of fused-ring (bicyclic) bond motifs is 1. The summed E-state index contributed by atoms with van der Waals surface area (Å²) < 4.78 is 0. The van der Waals surface area contributed by atoms with Gasteiger partial charge in [-0.3, -0.25) is 14.5 Å². The van der Waals surface area contributed by atoms with Gasteiger partial charge in [0.15, 0.2) is 0 Å². The molecule has 0 aliphatic carbocycles. The number of nitrogens with zero attached hydrogens (tertiary/aromatic N) is 1. The molecule has 5 heteroatoms. The van der Waals surface area contributed by atoms with E-state index in [0.717, 1.165) is 16.3 Å². The van der Waals surface area contributed by atoms with E-state index >= 15 is 0 Å². The lowest BCUT2D eigenvalue weighted by Gasteiger charge is -2.25. The minimum absolute atomic E-state index is 0.0163. The molecule has 2 N–H and O–H groups in total. The number of aryl methyl sites for hydroxylation is 1. The quantitative estimate of drug-likeness (QED) is 0.254. The molecule has 4 aromatic carbocycles. The standard InChI is InChI=1S/C28H21NO4/c1-17-9-13-20(14-10-17)29-25(19-11-15-21(30)16-12-19)24(27(32)28(29)33)26(31)23-8-4-6-18-5-2-3-7-22(18)23/h2-16,25,30-31H,1H3/b26-24-. The van der Waals surface area contributed by atoms with Gasteiger partial charge in [-0.2, -0.15) is 0 Å². The van der Waals surface area contributed by atoms with Crippen molar-refractivity contribution in [1.82, 2.24) is 0 Å². The normalized spacial score (nSPS) is 17.6. The van der Waals surface area contributed by atoms with Crippen molar-refractivity contribution in [2.75, 3.05) is 4.90 Å². The molecule has 0 radical (unpaired) electrons. The van der Waals surface area contributed by atoms with Gasteiger partial charge in [0.25, 0.3) is 11.7 Å². The SMILES string of the molecule is Cc1ccc(N2C(=O)C(=O)/C(=C(\O)c3cccc4ccccc34)C2c2ccc(O)cc2)cc1. The van der Waals surface area contributed by atoms with Gasteiger partial charge in [0.05, 0.1) is 11.6 Å². The van der Waals surface area contributed by atoms with Gasteiger partial charge >= 0.3 is 0 Å². The van der Waals surface area contributed by atoms with Crippen LogP contribution in [0.4, 0.5) is 5.69 Å². The molecule has 1 aliphatic rings. The Labute approximate surface area is 190 Å². The number of phenols is 1. The van der Waals surface area contributed by atoms with Gasteiger partial charge in [0.2, 0.25) is 0 Å². The van der Waals surface area contributed by atoms with E-state index in [1.165, 1.54) is 17.0 Å². The molecule has 1 amide bonds. The number of anilines is 1. The van der Waals surface area contributed by atoms with Gasteiger partial charge in [0, 0.05) is 11.3 Å². The van der Waals surface area contributed by atoms with E-state index in [1.54, 1.807) is 30.3 Å². The van der Waals surface area contributed by atoms with Gasteiger partial charge < -0.3 is 10.2 Å². The second-order valence-corrected chi connectivity index (χ2v) is 8.12. The van der Waals surface area contributed by atoms with Crippen LogP contribution in [0.3, 0.4) is 0 Å². The first-order chi connectivity index (χ1) is 16.0. The number of hydrogen-bond acceptors (Lipinski definition) is 4. The number of ketones is 1. The van der Waals surface area contributed by atoms with Crippen LogP contribution in [0.2, 0.25) is 0 Å². The number of aliphatic hydroxyl groups excluding tert-OH is 1. The van der Waals surface area contributed by atoms with Gasteiger partial charge in [-0.25, -0.2) is 0 Å². The van der Waals surface area contributed by atoms with Crippen LogP contribution in [-0.4, -0.2) is 21.9 Å². The van der Waals surface area contributed by atoms with Crippen LogP contribution in [0.15, 0.2) is 96.6 Å². The van der Waals surface area contributed by atoms with Crippen molar-refractivity contribution in [1.29, 1.82) is 0 Å². The van der Waals surface area contributed by atoms with Gasteiger partial charge in [0.1, 0.15) is 11.5 Å². The highest BCUT2D eigenvalue weighted by Gasteiger charge is 2.47. The maximum absolute atomic E-state index is 13.3. The van der Waals surface area contributed by atoms with E-state index < -0.39 is 17.7 Å². The predicted molar refractivity (Wildman–Crippen MR) is 128 cm³/mol.